The van der Waals surface area contributed by atoms with Gasteiger partial charge in [-0.25, -0.2) is 0 Å². The van der Waals surface area contributed by atoms with E-state index in [4.69, 9.17) is 5.11 Å². The highest BCUT2D eigenvalue weighted by Crippen LogP contribution is 2.34. The Bertz CT molecular complexity index is 548. The average Bonchev–Trinajstić information content (AvgIpc) is 2.80. The molecule has 106 valence electrons. The SMILES string of the molecule is CO.Cc1ccc(CC2c3ccccc3CN2C)cc1. The van der Waals surface area contributed by atoms with Crippen LogP contribution in [0.25, 0.3) is 0 Å². The van der Waals surface area contributed by atoms with Crippen molar-refractivity contribution in [2.75, 3.05) is 14.2 Å². The number of fused-ring (bicyclic) bond motifs is 1. The third kappa shape index (κ3) is 3.09. The predicted octanol–water partition coefficient (Wildman–Crippen LogP) is 3.33. The van der Waals surface area contributed by atoms with Crippen LogP contribution in [0.1, 0.15) is 28.3 Å². The van der Waals surface area contributed by atoms with Crippen LogP contribution < -0.4 is 0 Å². The van der Waals surface area contributed by atoms with E-state index < -0.39 is 0 Å². The second-order valence-electron chi connectivity index (χ2n) is 5.32. The second-order valence-corrected chi connectivity index (χ2v) is 5.32. The van der Waals surface area contributed by atoms with E-state index in [1.54, 1.807) is 0 Å². The van der Waals surface area contributed by atoms with Gasteiger partial charge in [0.15, 0.2) is 0 Å². The van der Waals surface area contributed by atoms with E-state index in [1.165, 1.54) is 22.3 Å². The van der Waals surface area contributed by atoms with Crippen molar-refractivity contribution in [3.05, 3.63) is 70.8 Å². The molecule has 2 heteroatoms. The van der Waals surface area contributed by atoms with Gasteiger partial charge in [0.1, 0.15) is 0 Å². The van der Waals surface area contributed by atoms with Crippen LogP contribution in [0.3, 0.4) is 0 Å². The highest BCUT2D eigenvalue weighted by molar-refractivity contribution is 5.35. The zero-order valence-electron chi connectivity index (χ0n) is 12.5. The van der Waals surface area contributed by atoms with E-state index in [2.05, 4.69) is 67.4 Å². The Labute approximate surface area is 121 Å². The minimum absolute atomic E-state index is 0.531. The predicted molar refractivity (Wildman–Crippen MR) is 83.7 cm³/mol. The van der Waals surface area contributed by atoms with E-state index in [1.807, 2.05) is 0 Å². The number of aryl methyl sites for hydroxylation is 1. The number of hydrogen-bond acceptors (Lipinski definition) is 2. The molecule has 1 N–H and O–H groups in total. The van der Waals surface area contributed by atoms with Crippen LogP contribution in [0.5, 0.6) is 0 Å². The van der Waals surface area contributed by atoms with Gasteiger partial charge < -0.3 is 5.11 Å². The highest BCUT2D eigenvalue weighted by Gasteiger charge is 2.26. The van der Waals surface area contributed by atoms with Gasteiger partial charge in [-0.15, -0.1) is 0 Å². The standard InChI is InChI=1S/C17H19N.CH4O/c1-13-7-9-14(10-8-13)11-17-16-6-4-3-5-15(16)12-18(17)2;1-2/h3-10,17H,11-12H2,1-2H3;2H,1H3. The molecule has 0 aromatic heterocycles. The zero-order valence-corrected chi connectivity index (χ0v) is 12.5. The van der Waals surface area contributed by atoms with Crippen molar-refractivity contribution < 1.29 is 5.11 Å². The maximum Gasteiger partial charge on any atom is 0.0392 e. The van der Waals surface area contributed by atoms with Crippen LogP contribution in [0, 0.1) is 6.92 Å². The molecule has 0 saturated carbocycles. The smallest absolute Gasteiger partial charge is 0.0392 e. The number of aliphatic hydroxyl groups is 1. The van der Waals surface area contributed by atoms with Crippen molar-refractivity contribution in [2.24, 2.45) is 0 Å². The molecule has 0 aliphatic carbocycles. The summed E-state index contributed by atoms with van der Waals surface area (Å²) in [5.74, 6) is 0. The quantitative estimate of drug-likeness (QED) is 0.904. The lowest BCUT2D eigenvalue weighted by atomic mass is 9.98. The minimum atomic E-state index is 0.531. The molecule has 1 heterocycles. The van der Waals surface area contributed by atoms with Crippen LogP contribution in [0.15, 0.2) is 48.5 Å². The molecule has 3 rings (SSSR count). The van der Waals surface area contributed by atoms with Gasteiger partial charge in [-0.05, 0) is 37.1 Å². The maximum atomic E-state index is 7.00. The Morgan fingerprint density at radius 3 is 2.40 bits per heavy atom. The molecule has 0 fully saturated rings. The largest absolute Gasteiger partial charge is 0.400 e. The molecule has 0 bridgehead atoms. The first-order chi connectivity index (χ1) is 9.74. The van der Waals surface area contributed by atoms with Crippen molar-refractivity contribution in [1.29, 1.82) is 0 Å². The summed E-state index contributed by atoms with van der Waals surface area (Å²) in [5, 5.41) is 7.00. The summed E-state index contributed by atoms with van der Waals surface area (Å²) >= 11 is 0. The zero-order chi connectivity index (χ0) is 14.5. The van der Waals surface area contributed by atoms with Gasteiger partial charge in [0.05, 0.1) is 0 Å². The number of hydrogen-bond donors (Lipinski definition) is 1. The van der Waals surface area contributed by atoms with Crippen LogP contribution in [0.2, 0.25) is 0 Å². The Morgan fingerprint density at radius 2 is 1.70 bits per heavy atom. The summed E-state index contributed by atoms with van der Waals surface area (Å²) in [4.78, 5) is 2.45. The number of rotatable bonds is 2. The topological polar surface area (TPSA) is 23.5 Å². The molecular weight excluding hydrogens is 246 g/mol. The Hall–Kier alpha value is -1.64. The summed E-state index contributed by atoms with van der Waals surface area (Å²) in [7, 11) is 3.22. The monoisotopic (exact) mass is 269 g/mol. The first-order valence-corrected chi connectivity index (χ1v) is 7.02. The molecule has 0 amide bonds. The summed E-state index contributed by atoms with van der Waals surface area (Å²) in [5.41, 5.74) is 5.74. The molecule has 0 spiro atoms. The lowest BCUT2D eigenvalue weighted by Gasteiger charge is -2.20. The summed E-state index contributed by atoms with van der Waals surface area (Å²) < 4.78 is 0. The third-order valence-corrected chi connectivity index (χ3v) is 3.92. The molecule has 1 atom stereocenters. The lowest BCUT2D eigenvalue weighted by molar-refractivity contribution is 0.267. The van der Waals surface area contributed by atoms with E-state index in [0.29, 0.717) is 6.04 Å². The van der Waals surface area contributed by atoms with Crippen LogP contribution in [-0.4, -0.2) is 24.2 Å². The molecule has 2 nitrogen and oxygen atoms in total. The highest BCUT2D eigenvalue weighted by atomic mass is 16.2. The molecule has 2 aromatic carbocycles. The average molecular weight is 269 g/mol. The van der Waals surface area contributed by atoms with Gasteiger partial charge in [-0.1, -0.05) is 54.1 Å². The Kier molecular flexibility index (Phi) is 4.94. The van der Waals surface area contributed by atoms with Crippen molar-refractivity contribution in [3.8, 4) is 0 Å². The lowest BCUT2D eigenvalue weighted by Crippen LogP contribution is -2.18. The van der Waals surface area contributed by atoms with E-state index in [-0.39, 0.29) is 0 Å². The van der Waals surface area contributed by atoms with Crippen molar-refractivity contribution in [1.82, 2.24) is 4.90 Å². The molecule has 1 unspecified atom stereocenters. The van der Waals surface area contributed by atoms with Crippen molar-refractivity contribution >= 4 is 0 Å². The number of aliphatic hydroxyl groups excluding tert-OH is 1. The third-order valence-electron chi connectivity index (χ3n) is 3.92. The van der Waals surface area contributed by atoms with Crippen LogP contribution >= 0.6 is 0 Å². The van der Waals surface area contributed by atoms with E-state index in [9.17, 15) is 0 Å². The second kappa shape index (κ2) is 6.69. The number of nitrogens with zero attached hydrogens (tertiary/aromatic N) is 1. The van der Waals surface area contributed by atoms with E-state index in [0.717, 1.165) is 20.1 Å². The molecule has 1 aliphatic heterocycles. The van der Waals surface area contributed by atoms with Gasteiger partial charge in [0.25, 0.3) is 0 Å². The normalized spacial score (nSPS) is 17.3. The van der Waals surface area contributed by atoms with Crippen molar-refractivity contribution in [3.63, 3.8) is 0 Å². The van der Waals surface area contributed by atoms with Gasteiger partial charge in [-0.3, -0.25) is 4.90 Å². The number of likely N-dealkylation sites (N-methyl/N-ethyl adjacent to an activating group) is 1. The molecule has 20 heavy (non-hydrogen) atoms. The van der Waals surface area contributed by atoms with Gasteiger partial charge >= 0.3 is 0 Å². The molecule has 2 aromatic rings. The summed E-state index contributed by atoms with van der Waals surface area (Å²) in [6.45, 7) is 3.22. The fourth-order valence-electron chi connectivity index (χ4n) is 2.83. The molecule has 0 saturated heterocycles. The van der Waals surface area contributed by atoms with Crippen molar-refractivity contribution in [2.45, 2.75) is 25.9 Å². The minimum Gasteiger partial charge on any atom is -0.400 e. The first-order valence-electron chi connectivity index (χ1n) is 7.02. The fourth-order valence-corrected chi connectivity index (χ4v) is 2.83. The van der Waals surface area contributed by atoms with E-state index >= 15 is 0 Å². The molecular formula is C18H23NO. The number of benzene rings is 2. The van der Waals surface area contributed by atoms with Crippen LogP contribution in [0.4, 0.5) is 0 Å². The summed E-state index contributed by atoms with van der Waals surface area (Å²) in [6.07, 6.45) is 1.10. The molecule has 1 aliphatic rings. The van der Waals surface area contributed by atoms with Gasteiger partial charge in [0.2, 0.25) is 0 Å². The maximum absolute atomic E-state index is 7.00. The Balaban J connectivity index is 0.000000704. The van der Waals surface area contributed by atoms with Gasteiger partial charge in [0, 0.05) is 19.7 Å². The van der Waals surface area contributed by atoms with Crippen LogP contribution in [-0.2, 0) is 13.0 Å². The fraction of sp³-hybridized carbons (Fsp3) is 0.333. The molecule has 0 radical (unpaired) electrons. The summed E-state index contributed by atoms with van der Waals surface area (Å²) in [6, 6.07) is 18.3. The Morgan fingerprint density at radius 1 is 1.05 bits per heavy atom. The first kappa shape index (κ1) is 14.8. The van der Waals surface area contributed by atoms with Gasteiger partial charge in [-0.2, -0.15) is 0 Å².